The monoisotopic (exact) mass is 291 g/mol. The highest BCUT2D eigenvalue weighted by Crippen LogP contribution is 2.21. The number of carbonyl (C=O) groups is 2. The van der Waals surface area contributed by atoms with E-state index >= 15 is 0 Å². The van der Waals surface area contributed by atoms with Crippen molar-refractivity contribution in [3.8, 4) is 5.75 Å². The van der Waals surface area contributed by atoms with Crippen LogP contribution in [0.3, 0.4) is 0 Å². The Balaban J connectivity index is 2.09. The normalized spacial score (nSPS) is 19.3. The largest absolute Gasteiger partial charge is 0.496 e. The summed E-state index contributed by atoms with van der Waals surface area (Å²) in [5, 5.41) is 0. The number of ether oxygens (including phenoxy) is 1. The standard InChI is InChI=1S/C15H21N3O3/c1-11(19)18-8-7-17(10-13(18)15(16)20)9-12-5-3-4-6-14(12)21-2/h3-6,13H,7-10H2,1-2H3,(H2,16,20)/t13-/m1/s1. The second kappa shape index (κ2) is 6.58. The van der Waals surface area contributed by atoms with E-state index in [0.717, 1.165) is 11.3 Å². The Kier molecular flexibility index (Phi) is 4.80. The maximum Gasteiger partial charge on any atom is 0.241 e. The van der Waals surface area contributed by atoms with Gasteiger partial charge in [0.2, 0.25) is 11.8 Å². The number of piperazine rings is 1. The van der Waals surface area contributed by atoms with E-state index in [4.69, 9.17) is 10.5 Å². The van der Waals surface area contributed by atoms with Gasteiger partial charge in [0, 0.05) is 38.7 Å². The summed E-state index contributed by atoms with van der Waals surface area (Å²) in [4.78, 5) is 26.8. The second-order valence-electron chi connectivity index (χ2n) is 5.18. The van der Waals surface area contributed by atoms with Crippen LogP contribution in [0.15, 0.2) is 24.3 Å². The van der Waals surface area contributed by atoms with Gasteiger partial charge in [-0.3, -0.25) is 14.5 Å². The van der Waals surface area contributed by atoms with Crippen molar-refractivity contribution in [2.75, 3.05) is 26.7 Å². The minimum Gasteiger partial charge on any atom is -0.496 e. The fraction of sp³-hybridized carbons (Fsp3) is 0.467. The summed E-state index contributed by atoms with van der Waals surface area (Å²) in [6.45, 7) is 3.80. The maximum absolute atomic E-state index is 11.6. The highest BCUT2D eigenvalue weighted by Gasteiger charge is 2.32. The molecule has 1 fully saturated rings. The summed E-state index contributed by atoms with van der Waals surface area (Å²) >= 11 is 0. The fourth-order valence-electron chi connectivity index (χ4n) is 2.68. The molecular formula is C15H21N3O3. The SMILES string of the molecule is COc1ccccc1CN1CCN(C(C)=O)[C@@H](C(N)=O)C1. The Bertz CT molecular complexity index is 533. The van der Waals surface area contributed by atoms with Gasteiger partial charge >= 0.3 is 0 Å². The van der Waals surface area contributed by atoms with E-state index in [1.54, 1.807) is 12.0 Å². The quantitative estimate of drug-likeness (QED) is 0.860. The van der Waals surface area contributed by atoms with Crippen LogP contribution in [-0.4, -0.2) is 54.4 Å². The number of nitrogens with two attached hydrogens (primary N) is 1. The van der Waals surface area contributed by atoms with Gasteiger partial charge in [0.25, 0.3) is 0 Å². The zero-order valence-electron chi connectivity index (χ0n) is 12.4. The summed E-state index contributed by atoms with van der Waals surface area (Å²) in [7, 11) is 1.64. The molecule has 114 valence electrons. The minimum absolute atomic E-state index is 0.115. The van der Waals surface area contributed by atoms with Crippen LogP contribution >= 0.6 is 0 Å². The van der Waals surface area contributed by atoms with Crippen molar-refractivity contribution in [1.29, 1.82) is 0 Å². The number of hydrogen-bond donors (Lipinski definition) is 1. The third-order valence-corrected chi connectivity index (χ3v) is 3.78. The van der Waals surface area contributed by atoms with Crippen molar-refractivity contribution in [3.63, 3.8) is 0 Å². The Morgan fingerprint density at radius 2 is 2.05 bits per heavy atom. The van der Waals surface area contributed by atoms with Crippen LogP contribution in [-0.2, 0) is 16.1 Å². The van der Waals surface area contributed by atoms with Gasteiger partial charge in [-0.15, -0.1) is 0 Å². The number of para-hydroxylation sites is 1. The number of primary amides is 1. The van der Waals surface area contributed by atoms with Gasteiger partial charge in [-0.1, -0.05) is 18.2 Å². The molecule has 21 heavy (non-hydrogen) atoms. The molecule has 1 aromatic carbocycles. The molecule has 1 heterocycles. The van der Waals surface area contributed by atoms with E-state index < -0.39 is 11.9 Å². The molecule has 0 bridgehead atoms. The third kappa shape index (κ3) is 3.52. The van der Waals surface area contributed by atoms with Crippen LogP contribution in [0, 0.1) is 0 Å². The van der Waals surface area contributed by atoms with Gasteiger partial charge in [-0.2, -0.15) is 0 Å². The topological polar surface area (TPSA) is 75.9 Å². The number of carbonyl (C=O) groups excluding carboxylic acids is 2. The van der Waals surface area contributed by atoms with Crippen LogP contribution in [0.5, 0.6) is 5.75 Å². The number of amides is 2. The zero-order valence-corrected chi connectivity index (χ0v) is 12.4. The first kappa shape index (κ1) is 15.3. The number of benzene rings is 1. The van der Waals surface area contributed by atoms with Crippen LogP contribution < -0.4 is 10.5 Å². The highest BCUT2D eigenvalue weighted by molar-refractivity contribution is 5.86. The van der Waals surface area contributed by atoms with Gasteiger partial charge in [0.05, 0.1) is 7.11 Å². The summed E-state index contributed by atoms with van der Waals surface area (Å²) in [6, 6.07) is 7.21. The highest BCUT2D eigenvalue weighted by atomic mass is 16.5. The molecule has 2 N–H and O–H groups in total. The molecule has 0 unspecified atom stereocenters. The molecule has 0 radical (unpaired) electrons. The molecule has 1 aromatic rings. The summed E-state index contributed by atoms with van der Waals surface area (Å²) in [6.07, 6.45) is 0. The zero-order chi connectivity index (χ0) is 15.4. The molecule has 0 spiro atoms. The molecule has 1 aliphatic heterocycles. The lowest BCUT2D eigenvalue weighted by molar-refractivity contribution is -0.141. The van der Waals surface area contributed by atoms with E-state index in [2.05, 4.69) is 4.90 Å². The van der Waals surface area contributed by atoms with Crippen LogP contribution in [0.2, 0.25) is 0 Å². The Labute approximate surface area is 124 Å². The van der Waals surface area contributed by atoms with Crippen molar-refractivity contribution in [2.24, 2.45) is 5.73 Å². The van der Waals surface area contributed by atoms with Gasteiger partial charge in [0.15, 0.2) is 0 Å². The van der Waals surface area contributed by atoms with Crippen molar-refractivity contribution >= 4 is 11.8 Å². The molecule has 6 nitrogen and oxygen atoms in total. The van der Waals surface area contributed by atoms with Gasteiger partial charge in [-0.25, -0.2) is 0 Å². The summed E-state index contributed by atoms with van der Waals surface area (Å²) in [5.41, 5.74) is 6.48. The Morgan fingerprint density at radius 1 is 1.33 bits per heavy atom. The van der Waals surface area contributed by atoms with E-state index in [0.29, 0.717) is 26.2 Å². The molecule has 0 aliphatic carbocycles. The molecule has 1 aliphatic rings. The van der Waals surface area contributed by atoms with Gasteiger partial charge < -0.3 is 15.4 Å². The number of rotatable bonds is 4. The Morgan fingerprint density at radius 3 is 2.67 bits per heavy atom. The van der Waals surface area contributed by atoms with E-state index in [9.17, 15) is 9.59 Å². The van der Waals surface area contributed by atoms with Crippen LogP contribution in [0.4, 0.5) is 0 Å². The van der Waals surface area contributed by atoms with Crippen molar-refractivity contribution in [2.45, 2.75) is 19.5 Å². The first-order valence-electron chi connectivity index (χ1n) is 6.93. The predicted octanol–water partition coefficient (Wildman–Crippen LogP) is 0.213. The van der Waals surface area contributed by atoms with Crippen LogP contribution in [0.25, 0.3) is 0 Å². The molecule has 1 saturated heterocycles. The van der Waals surface area contributed by atoms with Gasteiger partial charge in [-0.05, 0) is 6.07 Å². The van der Waals surface area contributed by atoms with Crippen molar-refractivity contribution in [3.05, 3.63) is 29.8 Å². The number of nitrogens with zero attached hydrogens (tertiary/aromatic N) is 2. The van der Waals surface area contributed by atoms with E-state index in [1.165, 1.54) is 6.92 Å². The number of hydrogen-bond acceptors (Lipinski definition) is 4. The predicted molar refractivity (Wildman–Crippen MR) is 78.6 cm³/mol. The van der Waals surface area contributed by atoms with Crippen molar-refractivity contribution < 1.29 is 14.3 Å². The van der Waals surface area contributed by atoms with E-state index in [-0.39, 0.29) is 5.91 Å². The first-order chi connectivity index (χ1) is 10.0. The summed E-state index contributed by atoms with van der Waals surface area (Å²) in [5.74, 6) is 0.243. The lowest BCUT2D eigenvalue weighted by Crippen LogP contribution is -2.59. The average molecular weight is 291 g/mol. The third-order valence-electron chi connectivity index (χ3n) is 3.78. The maximum atomic E-state index is 11.6. The smallest absolute Gasteiger partial charge is 0.241 e. The molecule has 0 saturated carbocycles. The van der Waals surface area contributed by atoms with Crippen LogP contribution in [0.1, 0.15) is 12.5 Å². The van der Waals surface area contributed by atoms with Gasteiger partial charge in [0.1, 0.15) is 11.8 Å². The first-order valence-corrected chi connectivity index (χ1v) is 6.93. The Hall–Kier alpha value is -2.08. The lowest BCUT2D eigenvalue weighted by atomic mass is 10.1. The fourth-order valence-corrected chi connectivity index (χ4v) is 2.68. The molecule has 0 aromatic heterocycles. The molecular weight excluding hydrogens is 270 g/mol. The lowest BCUT2D eigenvalue weighted by Gasteiger charge is -2.39. The molecule has 1 atom stereocenters. The molecule has 6 heteroatoms. The minimum atomic E-state index is -0.564. The number of methoxy groups -OCH3 is 1. The molecule has 2 rings (SSSR count). The van der Waals surface area contributed by atoms with E-state index in [1.807, 2.05) is 24.3 Å². The summed E-state index contributed by atoms with van der Waals surface area (Å²) < 4.78 is 5.34. The second-order valence-corrected chi connectivity index (χ2v) is 5.18. The average Bonchev–Trinajstić information content (AvgIpc) is 2.47. The van der Waals surface area contributed by atoms with Crippen molar-refractivity contribution in [1.82, 2.24) is 9.80 Å². The molecule has 2 amide bonds.